The molecule has 0 aliphatic carbocycles. The van der Waals surface area contributed by atoms with Crippen molar-refractivity contribution in [1.82, 2.24) is 0 Å². The van der Waals surface area contributed by atoms with E-state index in [0.717, 1.165) is 0 Å². The van der Waals surface area contributed by atoms with Gasteiger partial charge in [0.25, 0.3) is 0 Å². The predicted octanol–water partition coefficient (Wildman–Crippen LogP) is 3.46. The first-order chi connectivity index (χ1) is 6.82. The number of rotatable bonds is 2. The van der Waals surface area contributed by atoms with Crippen LogP contribution in [-0.4, -0.2) is 12.0 Å². The summed E-state index contributed by atoms with van der Waals surface area (Å²) in [5, 5.41) is 0. The number of hydrogen-bond donors (Lipinski definition) is 0. The van der Waals surface area contributed by atoms with Crippen molar-refractivity contribution in [2.24, 2.45) is 0 Å². The van der Waals surface area contributed by atoms with Gasteiger partial charge in [0, 0.05) is 5.56 Å². The van der Waals surface area contributed by atoms with Gasteiger partial charge in [-0.25, -0.2) is 0 Å². The van der Waals surface area contributed by atoms with Gasteiger partial charge < -0.3 is 0 Å². The third kappa shape index (κ3) is 2.68. The maximum atomic E-state index is 12.3. The van der Waals surface area contributed by atoms with E-state index in [1.165, 1.54) is 31.2 Å². The summed E-state index contributed by atoms with van der Waals surface area (Å²) in [4.78, 5) is 11.0. The van der Waals surface area contributed by atoms with Gasteiger partial charge >= 0.3 is 6.18 Å². The number of benzene rings is 1. The second-order valence-corrected chi connectivity index (χ2v) is 3.11. The molecule has 15 heavy (non-hydrogen) atoms. The molecule has 0 amide bonds. The monoisotopic (exact) mass is 214 g/mol. The van der Waals surface area contributed by atoms with Crippen LogP contribution in [0.1, 0.15) is 22.8 Å². The molecule has 1 aromatic carbocycles. The molecule has 0 saturated heterocycles. The number of hydrogen-bond acceptors (Lipinski definition) is 1. The van der Waals surface area contributed by atoms with Crippen molar-refractivity contribution in [2.75, 3.05) is 0 Å². The molecule has 0 radical (unpaired) electrons. The van der Waals surface area contributed by atoms with Crippen molar-refractivity contribution in [2.45, 2.75) is 13.1 Å². The van der Waals surface area contributed by atoms with Gasteiger partial charge in [0.2, 0.25) is 0 Å². The van der Waals surface area contributed by atoms with Gasteiger partial charge in [-0.3, -0.25) is 4.79 Å². The largest absolute Gasteiger partial charge is 0.416 e. The van der Waals surface area contributed by atoms with Crippen LogP contribution >= 0.6 is 0 Å². The third-order valence-electron chi connectivity index (χ3n) is 1.96. The lowest BCUT2D eigenvalue weighted by molar-refractivity contribution is -0.0686. The fourth-order valence-electron chi connectivity index (χ4n) is 1.09. The molecule has 0 N–H and O–H groups in total. The first-order valence-electron chi connectivity index (χ1n) is 4.20. The lowest BCUT2D eigenvalue weighted by Crippen LogP contribution is -2.09. The first kappa shape index (κ1) is 11.5. The molecule has 4 heteroatoms. The standard InChI is InChI=1S/C11H9F3O/c1-7(11(12,13)14)9-4-3-5-10(6-9)8(2)15/h3-6H,1H2,2H3. The van der Waals surface area contributed by atoms with E-state index >= 15 is 0 Å². The molecule has 0 aromatic heterocycles. The zero-order valence-electron chi connectivity index (χ0n) is 8.06. The van der Waals surface area contributed by atoms with E-state index in [1.807, 2.05) is 0 Å². The molecule has 0 fully saturated rings. The average Bonchev–Trinajstić information content (AvgIpc) is 2.15. The van der Waals surface area contributed by atoms with Gasteiger partial charge in [-0.05, 0) is 18.6 Å². The van der Waals surface area contributed by atoms with Crippen LogP contribution in [0.3, 0.4) is 0 Å². The molecule has 0 aliphatic heterocycles. The molecule has 0 saturated carbocycles. The van der Waals surface area contributed by atoms with E-state index in [1.54, 1.807) is 0 Å². The minimum atomic E-state index is -4.46. The Morgan fingerprint density at radius 3 is 2.27 bits per heavy atom. The molecular weight excluding hydrogens is 205 g/mol. The summed E-state index contributed by atoms with van der Waals surface area (Å²) in [5.41, 5.74) is -0.765. The molecule has 1 nitrogen and oxygen atoms in total. The van der Waals surface area contributed by atoms with Crippen LogP contribution in [0.25, 0.3) is 5.57 Å². The van der Waals surface area contributed by atoms with Crippen LogP contribution < -0.4 is 0 Å². The first-order valence-corrected chi connectivity index (χ1v) is 4.20. The van der Waals surface area contributed by atoms with E-state index in [2.05, 4.69) is 6.58 Å². The van der Waals surface area contributed by atoms with E-state index in [9.17, 15) is 18.0 Å². The SMILES string of the molecule is C=C(c1cccc(C(C)=O)c1)C(F)(F)F. The lowest BCUT2D eigenvalue weighted by Gasteiger charge is -2.10. The fourth-order valence-corrected chi connectivity index (χ4v) is 1.09. The van der Waals surface area contributed by atoms with Gasteiger partial charge in [0.1, 0.15) is 0 Å². The summed E-state index contributed by atoms with van der Waals surface area (Å²) in [6.45, 7) is 4.26. The third-order valence-corrected chi connectivity index (χ3v) is 1.96. The molecule has 1 aromatic rings. The van der Waals surface area contributed by atoms with Crippen LogP contribution in [0.2, 0.25) is 0 Å². The number of ketones is 1. The van der Waals surface area contributed by atoms with Crippen LogP contribution in [0.15, 0.2) is 30.8 Å². The molecule has 0 spiro atoms. The second-order valence-electron chi connectivity index (χ2n) is 3.11. The number of halogens is 3. The predicted molar refractivity (Wildman–Crippen MR) is 51.5 cm³/mol. The maximum absolute atomic E-state index is 12.3. The summed E-state index contributed by atoms with van der Waals surface area (Å²) in [5.74, 6) is -0.271. The normalized spacial score (nSPS) is 11.2. The highest BCUT2D eigenvalue weighted by Crippen LogP contribution is 2.32. The van der Waals surface area contributed by atoms with Crippen molar-refractivity contribution in [1.29, 1.82) is 0 Å². The molecule has 80 valence electrons. The molecule has 0 bridgehead atoms. The molecule has 0 atom stereocenters. The summed E-state index contributed by atoms with van der Waals surface area (Å²) in [6, 6.07) is 5.35. The Hall–Kier alpha value is -1.58. The van der Waals surface area contributed by atoms with E-state index < -0.39 is 11.7 Å². The Kier molecular flexibility index (Phi) is 2.98. The van der Waals surface area contributed by atoms with Crippen LogP contribution in [0.5, 0.6) is 0 Å². The topological polar surface area (TPSA) is 17.1 Å². The van der Waals surface area contributed by atoms with Gasteiger partial charge in [0.05, 0.1) is 5.57 Å². The molecule has 1 rings (SSSR count). The van der Waals surface area contributed by atoms with E-state index in [0.29, 0.717) is 0 Å². The summed E-state index contributed by atoms with van der Waals surface area (Å²) in [6.07, 6.45) is -4.46. The lowest BCUT2D eigenvalue weighted by atomic mass is 10.0. The smallest absolute Gasteiger partial charge is 0.295 e. The minimum Gasteiger partial charge on any atom is -0.295 e. The molecule has 0 aliphatic rings. The molecule has 0 unspecified atom stereocenters. The molecule has 0 heterocycles. The highest BCUT2D eigenvalue weighted by atomic mass is 19.4. The van der Waals surface area contributed by atoms with Gasteiger partial charge in [0.15, 0.2) is 5.78 Å². The van der Waals surface area contributed by atoms with Crippen molar-refractivity contribution in [3.63, 3.8) is 0 Å². The number of alkyl halides is 3. The van der Waals surface area contributed by atoms with Crippen LogP contribution in [0.4, 0.5) is 13.2 Å². The zero-order valence-corrected chi connectivity index (χ0v) is 8.06. The molecular formula is C11H9F3O. The highest BCUT2D eigenvalue weighted by Gasteiger charge is 2.32. The Morgan fingerprint density at radius 1 is 1.27 bits per heavy atom. The van der Waals surface area contributed by atoms with Crippen molar-refractivity contribution >= 4 is 11.4 Å². The van der Waals surface area contributed by atoms with Crippen molar-refractivity contribution in [3.8, 4) is 0 Å². The number of carbonyl (C=O) groups excluding carboxylic acids is 1. The van der Waals surface area contributed by atoms with Gasteiger partial charge in [-0.1, -0.05) is 24.8 Å². The quantitative estimate of drug-likeness (QED) is 0.689. The summed E-state index contributed by atoms with van der Waals surface area (Å²) in [7, 11) is 0. The Morgan fingerprint density at radius 2 is 1.80 bits per heavy atom. The Balaban J connectivity index is 3.12. The van der Waals surface area contributed by atoms with Crippen LogP contribution in [0, 0.1) is 0 Å². The van der Waals surface area contributed by atoms with Crippen molar-refractivity contribution < 1.29 is 18.0 Å². The minimum absolute atomic E-state index is 0.0739. The summed E-state index contributed by atoms with van der Waals surface area (Å²) >= 11 is 0. The average molecular weight is 214 g/mol. The maximum Gasteiger partial charge on any atom is 0.416 e. The second kappa shape index (κ2) is 3.88. The number of allylic oxidation sites excluding steroid dienone is 1. The fraction of sp³-hybridized carbons (Fsp3) is 0.182. The highest BCUT2D eigenvalue weighted by molar-refractivity contribution is 5.95. The van der Waals surface area contributed by atoms with E-state index in [-0.39, 0.29) is 16.9 Å². The van der Waals surface area contributed by atoms with Crippen LogP contribution in [-0.2, 0) is 0 Å². The number of carbonyl (C=O) groups is 1. The van der Waals surface area contributed by atoms with Gasteiger partial charge in [-0.2, -0.15) is 13.2 Å². The zero-order chi connectivity index (χ0) is 11.6. The summed E-state index contributed by atoms with van der Waals surface area (Å²) < 4.78 is 36.8. The van der Waals surface area contributed by atoms with Gasteiger partial charge in [-0.15, -0.1) is 0 Å². The Labute approximate surface area is 85.2 Å². The van der Waals surface area contributed by atoms with E-state index in [4.69, 9.17) is 0 Å². The van der Waals surface area contributed by atoms with Crippen molar-refractivity contribution in [3.05, 3.63) is 42.0 Å². The Bertz CT molecular complexity index is 405. The number of Topliss-reactive ketones (excluding diaryl/α,β-unsaturated/α-hetero) is 1.